The third-order valence-corrected chi connectivity index (χ3v) is 2.04. The number of ether oxygens (including phenoxy) is 1. The summed E-state index contributed by atoms with van der Waals surface area (Å²) < 4.78 is 4.21. The fourth-order valence-electron chi connectivity index (χ4n) is 1.17. The summed E-state index contributed by atoms with van der Waals surface area (Å²) in [7, 11) is 1.05. The van der Waals surface area contributed by atoms with Crippen LogP contribution in [0.5, 0.6) is 0 Å². The van der Waals surface area contributed by atoms with Gasteiger partial charge in [-0.15, -0.1) is 0 Å². The molecule has 7 nitrogen and oxygen atoms in total. The maximum atomic E-state index is 11.3. The molecule has 0 radical (unpaired) electrons. The third-order valence-electron chi connectivity index (χ3n) is 2.04. The Morgan fingerprint density at radius 3 is 2.60 bits per heavy atom. The molecule has 1 aliphatic heterocycles. The van der Waals surface area contributed by atoms with E-state index in [9.17, 15) is 19.2 Å². The first-order valence-electron chi connectivity index (χ1n) is 4.20. The van der Waals surface area contributed by atoms with Crippen LogP contribution in [-0.2, 0) is 23.9 Å². The van der Waals surface area contributed by atoms with E-state index in [4.69, 9.17) is 0 Å². The molecule has 7 heteroatoms. The van der Waals surface area contributed by atoms with Gasteiger partial charge in [0, 0.05) is 0 Å². The number of nitrogens with zero attached hydrogens (tertiary/aromatic N) is 1. The zero-order valence-corrected chi connectivity index (χ0v) is 8.27. The van der Waals surface area contributed by atoms with Gasteiger partial charge in [-0.2, -0.15) is 0 Å². The summed E-state index contributed by atoms with van der Waals surface area (Å²) in [6.07, 6.45) is 0. The summed E-state index contributed by atoms with van der Waals surface area (Å²) in [6.45, 7) is 1.10. The first-order valence-corrected chi connectivity index (χ1v) is 4.20. The van der Waals surface area contributed by atoms with E-state index in [1.165, 1.54) is 6.92 Å². The van der Waals surface area contributed by atoms with Crippen LogP contribution in [-0.4, -0.2) is 48.3 Å². The third kappa shape index (κ3) is 2.12. The maximum Gasteiger partial charge on any atom is 0.396 e. The highest BCUT2D eigenvalue weighted by Crippen LogP contribution is 2.05. The van der Waals surface area contributed by atoms with Crippen molar-refractivity contribution in [1.29, 1.82) is 0 Å². The van der Waals surface area contributed by atoms with E-state index >= 15 is 0 Å². The topological polar surface area (TPSA) is 92.8 Å². The van der Waals surface area contributed by atoms with Gasteiger partial charge in [0.1, 0.15) is 12.6 Å². The second kappa shape index (κ2) is 4.07. The Hall–Kier alpha value is -1.92. The molecule has 3 amide bonds. The van der Waals surface area contributed by atoms with E-state index in [1.807, 2.05) is 5.32 Å². The number of methoxy groups -OCH3 is 1. The highest BCUT2D eigenvalue weighted by Gasteiger charge is 2.36. The van der Waals surface area contributed by atoms with Crippen molar-refractivity contribution in [3.8, 4) is 0 Å². The SMILES string of the molecule is COC(=O)C(=O)N1CC(=O)NC(=O)C1C. The second-order valence-corrected chi connectivity index (χ2v) is 3.01. The van der Waals surface area contributed by atoms with Crippen LogP contribution in [0.1, 0.15) is 6.92 Å². The molecule has 1 atom stereocenters. The summed E-state index contributed by atoms with van der Waals surface area (Å²) in [4.78, 5) is 45.3. The van der Waals surface area contributed by atoms with Crippen LogP contribution in [0.4, 0.5) is 0 Å². The molecule has 1 unspecified atom stereocenters. The monoisotopic (exact) mass is 214 g/mol. The van der Waals surface area contributed by atoms with Gasteiger partial charge in [-0.25, -0.2) is 4.79 Å². The number of rotatable bonds is 0. The van der Waals surface area contributed by atoms with Crippen LogP contribution in [0, 0.1) is 0 Å². The fourth-order valence-corrected chi connectivity index (χ4v) is 1.17. The van der Waals surface area contributed by atoms with Crippen molar-refractivity contribution in [1.82, 2.24) is 10.2 Å². The predicted molar refractivity (Wildman–Crippen MR) is 46.3 cm³/mol. The Bertz CT molecular complexity index is 338. The molecule has 1 aliphatic rings. The molecule has 1 fully saturated rings. The smallest absolute Gasteiger partial charge is 0.396 e. The van der Waals surface area contributed by atoms with Gasteiger partial charge in [0.05, 0.1) is 7.11 Å². The first kappa shape index (κ1) is 11.2. The van der Waals surface area contributed by atoms with Gasteiger partial charge in [0.15, 0.2) is 0 Å². The van der Waals surface area contributed by atoms with Crippen LogP contribution in [0.25, 0.3) is 0 Å². The van der Waals surface area contributed by atoms with E-state index in [-0.39, 0.29) is 6.54 Å². The van der Waals surface area contributed by atoms with Crippen LogP contribution in [0.3, 0.4) is 0 Å². The van der Waals surface area contributed by atoms with Crippen LogP contribution in [0.15, 0.2) is 0 Å². The van der Waals surface area contributed by atoms with E-state index in [0.717, 1.165) is 12.0 Å². The van der Waals surface area contributed by atoms with Crippen molar-refractivity contribution in [3.63, 3.8) is 0 Å². The number of amides is 3. The molecular weight excluding hydrogens is 204 g/mol. The minimum absolute atomic E-state index is 0.319. The molecule has 0 bridgehead atoms. The van der Waals surface area contributed by atoms with Gasteiger partial charge in [0.2, 0.25) is 11.8 Å². The number of carbonyl (C=O) groups is 4. The first-order chi connectivity index (χ1) is 6.97. The summed E-state index contributed by atoms with van der Waals surface area (Å²) in [6, 6.07) is -0.853. The number of hydrogen-bond donors (Lipinski definition) is 1. The molecule has 1 rings (SSSR count). The van der Waals surface area contributed by atoms with Crippen molar-refractivity contribution in [3.05, 3.63) is 0 Å². The Kier molecular flexibility index (Phi) is 3.03. The van der Waals surface area contributed by atoms with Crippen molar-refractivity contribution in [2.24, 2.45) is 0 Å². The zero-order chi connectivity index (χ0) is 11.6. The fraction of sp³-hybridized carbons (Fsp3) is 0.500. The molecule has 0 aromatic heterocycles. The largest absolute Gasteiger partial charge is 0.462 e. The lowest BCUT2D eigenvalue weighted by Crippen LogP contribution is -2.59. The molecule has 1 N–H and O–H groups in total. The summed E-state index contributed by atoms with van der Waals surface area (Å²) in [5.41, 5.74) is 0. The van der Waals surface area contributed by atoms with Crippen LogP contribution >= 0.6 is 0 Å². The van der Waals surface area contributed by atoms with Gasteiger partial charge in [0.25, 0.3) is 0 Å². The van der Waals surface area contributed by atoms with E-state index in [2.05, 4.69) is 4.74 Å². The van der Waals surface area contributed by atoms with Crippen LogP contribution in [0.2, 0.25) is 0 Å². The van der Waals surface area contributed by atoms with Crippen LogP contribution < -0.4 is 5.32 Å². The lowest BCUT2D eigenvalue weighted by atomic mass is 10.2. The van der Waals surface area contributed by atoms with Gasteiger partial charge in [-0.3, -0.25) is 19.7 Å². The Morgan fingerprint density at radius 2 is 2.07 bits per heavy atom. The molecule has 0 aromatic rings. The van der Waals surface area contributed by atoms with Gasteiger partial charge in [-0.1, -0.05) is 0 Å². The molecule has 82 valence electrons. The van der Waals surface area contributed by atoms with Crippen molar-refractivity contribution < 1.29 is 23.9 Å². The Morgan fingerprint density at radius 1 is 1.47 bits per heavy atom. The molecular formula is C8H10N2O5. The van der Waals surface area contributed by atoms with E-state index in [1.54, 1.807) is 0 Å². The maximum absolute atomic E-state index is 11.3. The van der Waals surface area contributed by atoms with E-state index in [0.29, 0.717) is 0 Å². The predicted octanol–water partition coefficient (Wildman–Crippen LogP) is -1.97. The molecule has 0 saturated carbocycles. The highest BCUT2D eigenvalue weighted by molar-refractivity contribution is 6.33. The minimum atomic E-state index is -1.09. The summed E-state index contributed by atoms with van der Waals surface area (Å²) >= 11 is 0. The molecule has 0 spiro atoms. The molecule has 1 saturated heterocycles. The minimum Gasteiger partial charge on any atom is -0.462 e. The van der Waals surface area contributed by atoms with Gasteiger partial charge in [-0.05, 0) is 6.92 Å². The average Bonchev–Trinajstić information content (AvgIpc) is 2.21. The number of imide groups is 1. The number of carbonyl (C=O) groups excluding carboxylic acids is 4. The number of nitrogens with one attached hydrogen (secondary N) is 1. The Labute approximate surface area is 85.4 Å². The van der Waals surface area contributed by atoms with Crippen molar-refractivity contribution >= 4 is 23.7 Å². The number of hydrogen-bond acceptors (Lipinski definition) is 5. The molecule has 1 heterocycles. The van der Waals surface area contributed by atoms with E-state index < -0.39 is 29.7 Å². The normalized spacial score (nSPS) is 20.9. The quantitative estimate of drug-likeness (QED) is 0.287. The van der Waals surface area contributed by atoms with Crippen molar-refractivity contribution in [2.45, 2.75) is 13.0 Å². The highest BCUT2D eigenvalue weighted by atomic mass is 16.5. The molecule has 0 aromatic carbocycles. The van der Waals surface area contributed by atoms with Crippen molar-refractivity contribution in [2.75, 3.05) is 13.7 Å². The summed E-state index contributed by atoms with van der Waals surface area (Å²) in [5.74, 6) is -3.31. The average molecular weight is 214 g/mol. The zero-order valence-electron chi connectivity index (χ0n) is 8.27. The molecule has 15 heavy (non-hydrogen) atoms. The molecule has 0 aliphatic carbocycles. The number of piperazine rings is 1. The lowest BCUT2D eigenvalue weighted by molar-refractivity contribution is -0.162. The lowest BCUT2D eigenvalue weighted by Gasteiger charge is -2.30. The standard InChI is InChI=1S/C8H10N2O5/c1-4-6(12)9-5(11)3-10(4)7(13)8(14)15-2/h4H,3H2,1-2H3,(H,9,11,12). The Balaban J connectivity index is 2.84. The number of esters is 1. The van der Waals surface area contributed by atoms with Gasteiger partial charge >= 0.3 is 11.9 Å². The second-order valence-electron chi connectivity index (χ2n) is 3.01. The summed E-state index contributed by atoms with van der Waals surface area (Å²) in [5, 5.41) is 2.05. The van der Waals surface area contributed by atoms with Gasteiger partial charge < -0.3 is 9.64 Å².